The van der Waals surface area contributed by atoms with Gasteiger partial charge in [0.15, 0.2) is 0 Å². The smallest absolute Gasteiger partial charge is 0.220 e. The molecule has 0 bridgehead atoms. The first-order chi connectivity index (χ1) is 27.2. The largest absolute Gasteiger partial charge is 0.394 e. The van der Waals surface area contributed by atoms with Gasteiger partial charge in [-0.05, 0) is 32.1 Å². The van der Waals surface area contributed by atoms with Crippen LogP contribution in [0.25, 0.3) is 0 Å². The van der Waals surface area contributed by atoms with Crippen molar-refractivity contribution in [2.75, 3.05) is 6.61 Å². The topological polar surface area (TPSA) is 69.6 Å². The van der Waals surface area contributed by atoms with Crippen molar-refractivity contribution >= 4 is 5.91 Å². The van der Waals surface area contributed by atoms with Crippen molar-refractivity contribution in [1.82, 2.24) is 5.32 Å². The Morgan fingerprint density at radius 1 is 0.418 bits per heavy atom. The molecule has 0 heterocycles. The Bertz CT molecular complexity index is 795. The van der Waals surface area contributed by atoms with Gasteiger partial charge in [-0.2, -0.15) is 0 Å². The van der Waals surface area contributed by atoms with Gasteiger partial charge in [-0.15, -0.1) is 0 Å². The third-order valence-corrected chi connectivity index (χ3v) is 11.7. The lowest BCUT2D eigenvalue weighted by Gasteiger charge is -2.19. The van der Waals surface area contributed by atoms with Gasteiger partial charge in [0.1, 0.15) is 0 Å². The minimum absolute atomic E-state index is 0.0681. The maximum atomic E-state index is 12.4. The minimum atomic E-state index is -0.859. The molecule has 0 spiro atoms. The second kappa shape index (κ2) is 47.2. The van der Waals surface area contributed by atoms with Gasteiger partial charge >= 0.3 is 0 Å². The Balaban J connectivity index is 3.53. The van der Waals surface area contributed by atoms with E-state index in [1.807, 2.05) is 6.08 Å². The van der Waals surface area contributed by atoms with E-state index in [0.717, 1.165) is 32.1 Å². The van der Waals surface area contributed by atoms with E-state index in [0.29, 0.717) is 6.42 Å². The molecule has 2 unspecified atom stereocenters. The van der Waals surface area contributed by atoms with E-state index in [-0.39, 0.29) is 12.5 Å². The van der Waals surface area contributed by atoms with Crippen LogP contribution in [0.4, 0.5) is 0 Å². The molecule has 0 radical (unpaired) electrons. The van der Waals surface area contributed by atoms with Crippen LogP contribution in [0.5, 0.6) is 0 Å². The van der Waals surface area contributed by atoms with E-state index in [9.17, 15) is 15.0 Å². The maximum absolute atomic E-state index is 12.4. The van der Waals surface area contributed by atoms with Crippen molar-refractivity contribution < 1.29 is 15.0 Å². The van der Waals surface area contributed by atoms with Crippen LogP contribution >= 0.6 is 0 Å². The Kier molecular flexibility index (Phi) is 46.3. The first-order valence-corrected chi connectivity index (χ1v) is 25.1. The predicted molar refractivity (Wildman–Crippen MR) is 244 cm³/mol. The second-order valence-corrected chi connectivity index (χ2v) is 17.2. The molecule has 0 fully saturated rings. The number of hydrogen-bond donors (Lipinski definition) is 3. The highest BCUT2D eigenvalue weighted by Crippen LogP contribution is 2.17. The lowest BCUT2D eigenvalue weighted by atomic mass is 10.0. The predicted octanol–water partition coefficient (Wildman–Crippen LogP) is 16.0. The number of hydrogen-bond acceptors (Lipinski definition) is 3. The molecule has 55 heavy (non-hydrogen) atoms. The average molecular weight is 774 g/mol. The van der Waals surface area contributed by atoms with Crippen molar-refractivity contribution in [3.8, 4) is 0 Å². The zero-order chi connectivity index (χ0) is 40.0. The van der Waals surface area contributed by atoms with Crippen molar-refractivity contribution in [3.05, 3.63) is 24.3 Å². The van der Waals surface area contributed by atoms with Gasteiger partial charge in [-0.25, -0.2) is 0 Å². The Hall–Kier alpha value is -1.13. The number of unbranched alkanes of at least 4 members (excludes halogenated alkanes) is 37. The molecule has 0 rings (SSSR count). The minimum Gasteiger partial charge on any atom is -0.394 e. The Morgan fingerprint density at radius 3 is 1.05 bits per heavy atom. The standard InChI is InChI=1S/C51H99NO3/c1-3-5-7-9-11-13-15-17-19-21-23-25-27-29-31-33-35-37-39-41-43-45-47-51(55)52-49(48-53)50(54)46-44-42-40-38-36-34-32-30-28-26-24-22-20-18-16-14-12-10-8-6-4-2/h36,38,44,46,49-50,53-54H,3-35,37,39-43,45,47-48H2,1-2H3,(H,52,55)/b38-36+,46-44+. The normalized spacial score (nSPS) is 13.0. The summed E-state index contributed by atoms with van der Waals surface area (Å²) >= 11 is 0. The molecule has 326 valence electrons. The number of amides is 1. The quantitative estimate of drug-likeness (QED) is 0.0426. The van der Waals surface area contributed by atoms with E-state index in [1.54, 1.807) is 6.08 Å². The molecule has 1 amide bonds. The summed E-state index contributed by atoms with van der Waals surface area (Å²) in [5, 5.41) is 23.1. The molecule has 0 aliphatic carbocycles. The summed E-state index contributed by atoms with van der Waals surface area (Å²) in [6, 6.07) is -0.635. The molecule has 3 N–H and O–H groups in total. The highest BCUT2D eigenvalue weighted by molar-refractivity contribution is 5.76. The third-order valence-electron chi connectivity index (χ3n) is 11.7. The fraction of sp³-hybridized carbons (Fsp3) is 0.902. The van der Waals surface area contributed by atoms with Crippen LogP contribution < -0.4 is 5.32 Å². The van der Waals surface area contributed by atoms with Gasteiger partial charge in [-0.1, -0.05) is 263 Å². The summed E-state index contributed by atoms with van der Waals surface area (Å²) in [5.41, 5.74) is 0. The maximum Gasteiger partial charge on any atom is 0.220 e. The molecule has 4 heteroatoms. The van der Waals surface area contributed by atoms with Crippen LogP contribution in [0.2, 0.25) is 0 Å². The van der Waals surface area contributed by atoms with Crippen LogP contribution in [0.3, 0.4) is 0 Å². The van der Waals surface area contributed by atoms with Crippen LogP contribution in [0.15, 0.2) is 24.3 Å². The van der Waals surface area contributed by atoms with Crippen molar-refractivity contribution in [2.24, 2.45) is 0 Å². The lowest BCUT2D eigenvalue weighted by molar-refractivity contribution is -0.123. The number of carbonyl (C=O) groups excluding carboxylic acids is 1. The summed E-state index contributed by atoms with van der Waals surface area (Å²) in [6.45, 7) is 4.33. The first kappa shape index (κ1) is 53.9. The number of rotatable bonds is 46. The fourth-order valence-electron chi connectivity index (χ4n) is 7.84. The van der Waals surface area contributed by atoms with Crippen LogP contribution in [0, 0.1) is 0 Å². The summed E-state index contributed by atoms with van der Waals surface area (Å²) < 4.78 is 0. The molecular weight excluding hydrogens is 675 g/mol. The van der Waals surface area contributed by atoms with Gasteiger partial charge in [-0.3, -0.25) is 4.79 Å². The molecule has 2 atom stereocenters. The Labute approximate surface area is 345 Å². The molecule has 0 saturated heterocycles. The SMILES string of the molecule is CCCCCCCCCCCCCCCCC/C=C/CC/C=C/C(O)C(CO)NC(=O)CCCCCCCCCCCCCCCCCCCCCCCC. The lowest BCUT2D eigenvalue weighted by Crippen LogP contribution is -2.45. The van der Waals surface area contributed by atoms with E-state index in [2.05, 4.69) is 31.3 Å². The summed E-state index contributed by atoms with van der Waals surface area (Å²) in [4.78, 5) is 12.4. The molecule has 4 nitrogen and oxygen atoms in total. The van der Waals surface area contributed by atoms with E-state index >= 15 is 0 Å². The molecule has 0 saturated carbocycles. The van der Waals surface area contributed by atoms with E-state index in [4.69, 9.17) is 0 Å². The van der Waals surface area contributed by atoms with Crippen LogP contribution in [0.1, 0.15) is 277 Å². The monoisotopic (exact) mass is 774 g/mol. The van der Waals surface area contributed by atoms with Crippen LogP contribution in [-0.2, 0) is 4.79 Å². The summed E-state index contributed by atoms with van der Waals surface area (Å²) in [6.07, 6.45) is 61.7. The van der Waals surface area contributed by atoms with Crippen molar-refractivity contribution in [1.29, 1.82) is 0 Å². The number of aliphatic hydroxyl groups is 2. The first-order valence-electron chi connectivity index (χ1n) is 25.1. The van der Waals surface area contributed by atoms with Crippen molar-refractivity contribution in [2.45, 2.75) is 289 Å². The highest BCUT2D eigenvalue weighted by Gasteiger charge is 2.17. The summed E-state index contributed by atoms with van der Waals surface area (Å²) in [7, 11) is 0. The molecule has 0 aliphatic rings. The fourth-order valence-corrected chi connectivity index (χ4v) is 7.84. The van der Waals surface area contributed by atoms with Crippen molar-refractivity contribution in [3.63, 3.8) is 0 Å². The van der Waals surface area contributed by atoms with E-state index < -0.39 is 12.1 Å². The molecular formula is C51H99NO3. The third kappa shape index (κ3) is 43.8. The average Bonchev–Trinajstić information content (AvgIpc) is 3.19. The molecule has 0 aromatic rings. The van der Waals surface area contributed by atoms with Gasteiger partial charge in [0, 0.05) is 6.42 Å². The number of nitrogens with one attached hydrogen (secondary N) is 1. The highest BCUT2D eigenvalue weighted by atomic mass is 16.3. The van der Waals surface area contributed by atoms with Gasteiger partial charge in [0.25, 0.3) is 0 Å². The zero-order valence-corrected chi connectivity index (χ0v) is 37.5. The second-order valence-electron chi connectivity index (χ2n) is 17.2. The van der Waals surface area contributed by atoms with Gasteiger partial charge in [0.2, 0.25) is 5.91 Å². The molecule has 0 aromatic carbocycles. The van der Waals surface area contributed by atoms with Crippen LogP contribution in [-0.4, -0.2) is 34.9 Å². The number of allylic oxidation sites excluding steroid dienone is 3. The van der Waals surface area contributed by atoms with E-state index in [1.165, 1.54) is 225 Å². The Morgan fingerprint density at radius 2 is 0.709 bits per heavy atom. The zero-order valence-electron chi connectivity index (χ0n) is 37.5. The molecule has 0 aliphatic heterocycles. The van der Waals surface area contributed by atoms with Gasteiger partial charge < -0.3 is 15.5 Å². The summed E-state index contributed by atoms with van der Waals surface area (Å²) in [5.74, 6) is -0.0681. The molecule has 0 aromatic heterocycles. The van der Waals surface area contributed by atoms with Gasteiger partial charge in [0.05, 0.1) is 18.8 Å². The number of aliphatic hydroxyl groups excluding tert-OH is 2. The number of carbonyl (C=O) groups is 1.